The van der Waals surface area contributed by atoms with E-state index in [0.717, 1.165) is 11.3 Å². The van der Waals surface area contributed by atoms with E-state index in [1.807, 2.05) is 32.0 Å². The number of nitrogens with zero attached hydrogens (tertiary/aromatic N) is 1. The van der Waals surface area contributed by atoms with E-state index in [-0.39, 0.29) is 11.9 Å². The Hall–Kier alpha value is -1.22. The summed E-state index contributed by atoms with van der Waals surface area (Å²) in [6.45, 7) is 3.78. The molecule has 1 N–H and O–H groups in total. The van der Waals surface area contributed by atoms with Crippen molar-refractivity contribution in [2.45, 2.75) is 19.9 Å². The van der Waals surface area contributed by atoms with Gasteiger partial charge in [0.2, 0.25) is 5.91 Å². The summed E-state index contributed by atoms with van der Waals surface area (Å²) in [6, 6.07) is 5.38. The van der Waals surface area contributed by atoms with Gasteiger partial charge in [0.15, 0.2) is 0 Å². The number of aryl methyl sites for hydroxylation is 1. The molecule has 0 aliphatic rings. The molecule has 0 aromatic heterocycles. The van der Waals surface area contributed by atoms with Crippen molar-refractivity contribution in [1.82, 2.24) is 4.90 Å². The molecule has 0 heterocycles. The number of para-hydroxylation sites is 1. The minimum atomic E-state index is -0.284. The molecule has 0 bridgehead atoms. The van der Waals surface area contributed by atoms with Crippen LogP contribution in [0.25, 0.3) is 0 Å². The van der Waals surface area contributed by atoms with Gasteiger partial charge in [0.25, 0.3) is 0 Å². The molecule has 0 saturated carbocycles. The molecule has 16 heavy (non-hydrogen) atoms. The van der Waals surface area contributed by atoms with Gasteiger partial charge in [-0.1, -0.05) is 23.7 Å². The zero-order valence-corrected chi connectivity index (χ0v) is 10.8. The minimum absolute atomic E-state index is 0.0271. The van der Waals surface area contributed by atoms with Crippen LogP contribution in [0.3, 0.4) is 0 Å². The van der Waals surface area contributed by atoms with E-state index in [2.05, 4.69) is 5.32 Å². The maximum Gasteiger partial charge on any atom is 0.244 e. The highest BCUT2D eigenvalue weighted by molar-refractivity contribution is 6.33. The molecule has 1 rings (SSSR count). The van der Waals surface area contributed by atoms with E-state index in [1.54, 1.807) is 19.0 Å². The van der Waals surface area contributed by atoms with Crippen LogP contribution in [0, 0.1) is 6.92 Å². The Kier molecular flexibility index (Phi) is 4.19. The molecule has 1 aromatic rings. The average Bonchev–Trinajstić information content (AvgIpc) is 2.22. The van der Waals surface area contributed by atoms with Crippen LogP contribution in [0.4, 0.5) is 5.69 Å². The number of hydrogen-bond donors (Lipinski definition) is 1. The first-order valence-corrected chi connectivity index (χ1v) is 5.54. The van der Waals surface area contributed by atoms with Gasteiger partial charge in [-0.05, 0) is 25.5 Å². The van der Waals surface area contributed by atoms with Crippen LogP contribution in [0.15, 0.2) is 18.2 Å². The van der Waals surface area contributed by atoms with E-state index in [9.17, 15) is 4.79 Å². The SMILES string of the molecule is Cc1cccc(Cl)c1NC(C)C(=O)N(C)C. The van der Waals surface area contributed by atoms with Crippen LogP contribution in [0.2, 0.25) is 5.02 Å². The molecule has 0 spiro atoms. The highest BCUT2D eigenvalue weighted by Gasteiger charge is 2.16. The molecule has 4 heteroatoms. The summed E-state index contributed by atoms with van der Waals surface area (Å²) in [4.78, 5) is 13.2. The fraction of sp³-hybridized carbons (Fsp3) is 0.417. The summed E-state index contributed by atoms with van der Waals surface area (Å²) in [7, 11) is 3.47. The van der Waals surface area contributed by atoms with Crippen molar-refractivity contribution in [2.75, 3.05) is 19.4 Å². The molecule has 0 aliphatic carbocycles. The fourth-order valence-electron chi connectivity index (χ4n) is 1.48. The second kappa shape index (κ2) is 5.21. The molecule has 1 unspecified atom stereocenters. The molecule has 1 amide bonds. The largest absolute Gasteiger partial charge is 0.372 e. The number of carbonyl (C=O) groups excluding carboxylic acids is 1. The third-order valence-corrected chi connectivity index (χ3v) is 2.71. The second-order valence-corrected chi connectivity index (χ2v) is 4.44. The molecule has 0 aliphatic heterocycles. The number of carbonyl (C=O) groups is 1. The first-order valence-electron chi connectivity index (χ1n) is 5.16. The highest BCUT2D eigenvalue weighted by atomic mass is 35.5. The Balaban J connectivity index is 2.85. The summed E-state index contributed by atoms with van der Waals surface area (Å²) in [5, 5.41) is 3.77. The van der Waals surface area contributed by atoms with Gasteiger partial charge >= 0.3 is 0 Å². The summed E-state index contributed by atoms with van der Waals surface area (Å²) < 4.78 is 0. The standard InChI is InChI=1S/C12H17ClN2O/c1-8-6-5-7-10(13)11(8)14-9(2)12(16)15(3)4/h5-7,9,14H,1-4H3. The molecular weight excluding hydrogens is 224 g/mol. The van der Waals surface area contributed by atoms with E-state index in [4.69, 9.17) is 11.6 Å². The lowest BCUT2D eigenvalue weighted by molar-refractivity contribution is -0.129. The van der Waals surface area contributed by atoms with Gasteiger partial charge in [-0.2, -0.15) is 0 Å². The number of hydrogen-bond acceptors (Lipinski definition) is 2. The van der Waals surface area contributed by atoms with E-state index in [1.165, 1.54) is 0 Å². The average molecular weight is 241 g/mol. The van der Waals surface area contributed by atoms with Crippen molar-refractivity contribution in [1.29, 1.82) is 0 Å². The van der Waals surface area contributed by atoms with Crippen molar-refractivity contribution >= 4 is 23.2 Å². The van der Waals surface area contributed by atoms with Crippen molar-refractivity contribution < 1.29 is 4.79 Å². The lowest BCUT2D eigenvalue weighted by atomic mass is 10.2. The number of halogens is 1. The summed E-state index contributed by atoms with van der Waals surface area (Å²) >= 11 is 6.07. The lowest BCUT2D eigenvalue weighted by Gasteiger charge is -2.20. The number of likely N-dealkylation sites (N-methyl/N-ethyl adjacent to an activating group) is 1. The first kappa shape index (κ1) is 12.8. The van der Waals surface area contributed by atoms with E-state index >= 15 is 0 Å². The quantitative estimate of drug-likeness (QED) is 0.881. The predicted octanol–water partition coefficient (Wildman–Crippen LogP) is 2.54. The van der Waals surface area contributed by atoms with Crippen LogP contribution in [0.1, 0.15) is 12.5 Å². The Morgan fingerprint density at radius 3 is 2.56 bits per heavy atom. The van der Waals surface area contributed by atoms with Crippen LogP contribution in [-0.4, -0.2) is 30.9 Å². The predicted molar refractivity (Wildman–Crippen MR) is 68.0 cm³/mol. The third-order valence-electron chi connectivity index (χ3n) is 2.39. The summed E-state index contributed by atoms with van der Waals surface area (Å²) in [5.74, 6) is 0.0271. The molecule has 0 fully saturated rings. The maximum absolute atomic E-state index is 11.7. The number of nitrogens with one attached hydrogen (secondary N) is 1. The van der Waals surface area contributed by atoms with Crippen molar-refractivity contribution in [2.24, 2.45) is 0 Å². The van der Waals surface area contributed by atoms with Gasteiger partial charge in [0.05, 0.1) is 10.7 Å². The monoisotopic (exact) mass is 240 g/mol. The van der Waals surface area contributed by atoms with E-state index < -0.39 is 0 Å². The molecule has 0 saturated heterocycles. The van der Waals surface area contributed by atoms with Crippen LogP contribution >= 0.6 is 11.6 Å². The van der Waals surface area contributed by atoms with Gasteiger partial charge in [-0.15, -0.1) is 0 Å². The van der Waals surface area contributed by atoms with E-state index in [0.29, 0.717) is 5.02 Å². The second-order valence-electron chi connectivity index (χ2n) is 4.03. The minimum Gasteiger partial charge on any atom is -0.372 e. The van der Waals surface area contributed by atoms with Crippen LogP contribution in [0.5, 0.6) is 0 Å². The molecular formula is C12H17ClN2O. The van der Waals surface area contributed by atoms with Gasteiger partial charge in [-0.3, -0.25) is 4.79 Å². The molecule has 1 aromatic carbocycles. The van der Waals surface area contributed by atoms with Crippen molar-refractivity contribution in [3.63, 3.8) is 0 Å². The lowest BCUT2D eigenvalue weighted by Crippen LogP contribution is -2.36. The van der Waals surface area contributed by atoms with Gasteiger partial charge in [0.1, 0.15) is 6.04 Å². The Morgan fingerprint density at radius 1 is 1.44 bits per heavy atom. The summed E-state index contributed by atoms with van der Waals surface area (Å²) in [5.41, 5.74) is 1.86. The summed E-state index contributed by atoms with van der Waals surface area (Å²) in [6.07, 6.45) is 0. The van der Waals surface area contributed by atoms with Gasteiger partial charge in [0, 0.05) is 14.1 Å². The van der Waals surface area contributed by atoms with Crippen molar-refractivity contribution in [3.05, 3.63) is 28.8 Å². The molecule has 88 valence electrons. The number of amides is 1. The zero-order chi connectivity index (χ0) is 12.3. The van der Waals surface area contributed by atoms with Crippen LogP contribution < -0.4 is 5.32 Å². The van der Waals surface area contributed by atoms with Gasteiger partial charge in [-0.25, -0.2) is 0 Å². The van der Waals surface area contributed by atoms with Gasteiger partial charge < -0.3 is 10.2 Å². The maximum atomic E-state index is 11.7. The topological polar surface area (TPSA) is 32.3 Å². The fourth-order valence-corrected chi connectivity index (χ4v) is 1.76. The number of anilines is 1. The highest BCUT2D eigenvalue weighted by Crippen LogP contribution is 2.25. The zero-order valence-electron chi connectivity index (χ0n) is 10.0. The molecule has 3 nitrogen and oxygen atoms in total. The first-order chi connectivity index (χ1) is 7.43. The Morgan fingerprint density at radius 2 is 2.06 bits per heavy atom. The number of benzene rings is 1. The molecule has 1 atom stereocenters. The van der Waals surface area contributed by atoms with Crippen molar-refractivity contribution in [3.8, 4) is 0 Å². The Bertz CT molecular complexity index is 370. The Labute approximate surface area is 101 Å². The smallest absolute Gasteiger partial charge is 0.244 e. The van der Waals surface area contributed by atoms with Crippen LogP contribution in [-0.2, 0) is 4.79 Å². The normalized spacial score (nSPS) is 12.1. The third kappa shape index (κ3) is 2.89. The number of rotatable bonds is 3. The molecule has 0 radical (unpaired) electrons.